The molecule has 16 heavy (non-hydrogen) atoms. The predicted octanol–water partition coefficient (Wildman–Crippen LogP) is 1.59. The molecule has 1 rings (SSSR count). The molecule has 1 aromatic carbocycles. The SMILES string of the molecule is CC(N)CCNc1ccc(C(N)=O)c(Cl)c1. The van der Waals surface area contributed by atoms with Crippen LogP contribution in [-0.2, 0) is 0 Å². The zero-order chi connectivity index (χ0) is 12.1. The summed E-state index contributed by atoms with van der Waals surface area (Å²) in [5, 5.41) is 3.53. The number of carbonyl (C=O) groups excluding carboxylic acids is 1. The van der Waals surface area contributed by atoms with Crippen molar-refractivity contribution in [3.05, 3.63) is 28.8 Å². The zero-order valence-electron chi connectivity index (χ0n) is 9.16. The van der Waals surface area contributed by atoms with Crippen molar-refractivity contribution in [2.24, 2.45) is 11.5 Å². The Morgan fingerprint density at radius 1 is 1.56 bits per heavy atom. The Bertz CT molecular complexity index is 379. The quantitative estimate of drug-likeness (QED) is 0.732. The maximum atomic E-state index is 10.9. The summed E-state index contributed by atoms with van der Waals surface area (Å²) in [5.74, 6) is -0.521. The molecule has 4 nitrogen and oxygen atoms in total. The number of carbonyl (C=O) groups is 1. The molecule has 0 aliphatic rings. The van der Waals surface area contributed by atoms with Gasteiger partial charge in [0.05, 0.1) is 10.6 Å². The van der Waals surface area contributed by atoms with Crippen LogP contribution in [0.4, 0.5) is 5.69 Å². The van der Waals surface area contributed by atoms with Gasteiger partial charge in [0.2, 0.25) is 5.91 Å². The number of rotatable bonds is 5. The summed E-state index contributed by atoms with van der Waals surface area (Å²) < 4.78 is 0. The molecule has 0 spiro atoms. The molecule has 1 amide bonds. The minimum atomic E-state index is -0.521. The first-order valence-corrected chi connectivity index (χ1v) is 5.47. The number of nitrogens with two attached hydrogens (primary N) is 2. The fraction of sp³-hybridized carbons (Fsp3) is 0.364. The van der Waals surface area contributed by atoms with E-state index in [0.717, 1.165) is 18.7 Å². The van der Waals surface area contributed by atoms with Gasteiger partial charge in [0.15, 0.2) is 0 Å². The van der Waals surface area contributed by atoms with Gasteiger partial charge < -0.3 is 16.8 Å². The summed E-state index contributed by atoms with van der Waals surface area (Å²) >= 11 is 5.90. The highest BCUT2D eigenvalue weighted by molar-refractivity contribution is 6.34. The second-order valence-electron chi connectivity index (χ2n) is 3.75. The number of hydrogen-bond donors (Lipinski definition) is 3. The van der Waals surface area contributed by atoms with Crippen molar-refractivity contribution in [1.29, 1.82) is 0 Å². The molecule has 5 heteroatoms. The molecular formula is C11H16ClN3O. The van der Waals surface area contributed by atoms with E-state index in [1.54, 1.807) is 18.2 Å². The molecule has 0 aromatic heterocycles. The Balaban J connectivity index is 2.63. The minimum absolute atomic E-state index is 0.160. The van der Waals surface area contributed by atoms with E-state index in [1.807, 2.05) is 6.92 Å². The van der Waals surface area contributed by atoms with Crippen LogP contribution in [0.15, 0.2) is 18.2 Å². The molecule has 0 aliphatic carbocycles. The smallest absolute Gasteiger partial charge is 0.250 e. The number of amides is 1. The van der Waals surface area contributed by atoms with Crippen molar-refractivity contribution in [3.63, 3.8) is 0 Å². The lowest BCUT2D eigenvalue weighted by Crippen LogP contribution is -2.19. The van der Waals surface area contributed by atoms with Crippen LogP contribution in [-0.4, -0.2) is 18.5 Å². The highest BCUT2D eigenvalue weighted by atomic mass is 35.5. The van der Waals surface area contributed by atoms with Crippen molar-refractivity contribution in [1.82, 2.24) is 0 Å². The fourth-order valence-corrected chi connectivity index (χ4v) is 1.54. The van der Waals surface area contributed by atoms with Crippen LogP contribution in [0.2, 0.25) is 5.02 Å². The third-order valence-electron chi connectivity index (χ3n) is 2.16. The van der Waals surface area contributed by atoms with Gasteiger partial charge in [0.1, 0.15) is 0 Å². The van der Waals surface area contributed by atoms with E-state index < -0.39 is 5.91 Å². The van der Waals surface area contributed by atoms with Crippen molar-refractivity contribution in [2.45, 2.75) is 19.4 Å². The van der Waals surface area contributed by atoms with E-state index >= 15 is 0 Å². The number of hydrogen-bond acceptors (Lipinski definition) is 3. The van der Waals surface area contributed by atoms with Crippen LogP contribution >= 0.6 is 11.6 Å². The van der Waals surface area contributed by atoms with Gasteiger partial charge in [-0.2, -0.15) is 0 Å². The van der Waals surface area contributed by atoms with E-state index in [1.165, 1.54) is 0 Å². The van der Waals surface area contributed by atoms with Gasteiger partial charge in [-0.05, 0) is 31.5 Å². The first-order valence-electron chi connectivity index (χ1n) is 5.09. The molecule has 0 fully saturated rings. The Kier molecular flexibility index (Phi) is 4.58. The van der Waals surface area contributed by atoms with Crippen molar-refractivity contribution in [2.75, 3.05) is 11.9 Å². The molecule has 0 aliphatic heterocycles. The van der Waals surface area contributed by atoms with Gasteiger partial charge in [-0.15, -0.1) is 0 Å². The Labute approximate surface area is 100.0 Å². The van der Waals surface area contributed by atoms with Gasteiger partial charge in [-0.25, -0.2) is 0 Å². The topological polar surface area (TPSA) is 81.1 Å². The van der Waals surface area contributed by atoms with E-state index in [0.29, 0.717) is 10.6 Å². The molecule has 88 valence electrons. The average molecular weight is 242 g/mol. The van der Waals surface area contributed by atoms with Gasteiger partial charge in [-0.1, -0.05) is 11.6 Å². The Morgan fingerprint density at radius 3 is 2.75 bits per heavy atom. The van der Waals surface area contributed by atoms with E-state index in [4.69, 9.17) is 23.1 Å². The number of halogens is 1. The second kappa shape index (κ2) is 5.72. The highest BCUT2D eigenvalue weighted by Crippen LogP contribution is 2.20. The average Bonchev–Trinajstić information content (AvgIpc) is 2.16. The van der Waals surface area contributed by atoms with Crippen LogP contribution in [0, 0.1) is 0 Å². The third kappa shape index (κ3) is 3.72. The third-order valence-corrected chi connectivity index (χ3v) is 2.48. The first kappa shape index (κ1) is 12.8. The highest BCUT2D eigenvalue weighted by Gasteiger charge is 2.06. The lowest BCUT2D eigenvalue weighted by molar-refractivity contribution is 0.100. The van der Waals surface area contributed by atoms with Crippen molar-refractivity contribution >= 4 is 23.2 Å². The summed E-state index contributed by atoms with van der Waals surface area (Å²) in [6, 6.07) is 5.22. The Hall–Kier alpha value is -1.26. The van der Waals surface area contributed by atoms with Crippen LogP contribution in [0.5, 0.6) is 0 Å². The summed E-state index contributed by atoms with van der Waals surface area (Å²) in [6.45, 7) is 2.72. The zero-order valence-corrected chi connectivity index (χ0v) is 9.92. The molecule has 5 N–H and O–H groups in total. The first-order chi connectivity index (χ1) is 7.50. The number of anilines is 1. The van der Waals surface area contributed by atoms with Crippen molar-refractivity contribution in [3.8, 4) is 0 Å². The number of benzene rings is 1. The van der Waals surface area contributed by atoms with Crippen LogP contribution in [0.1, 0.15) is 23.7 Å². The maximum Gasteiger partial charge on any atom is 0.250 e. The number of primary amides is 1. The summed E-state index contributed by atoms with van der Waals surface area (Å²) in [7, 11) is 0. The van der Waals surface area contributed by atoms with E-state index in [2.05, 4.69) is 5.32 Å². The molecular weight excluding hydrogens is 226 g/mol. The monoisotopic (exact) mass is 241 g/mol. The van der Waals surface area contributed by atoms with Gasteiger partial charge >= 0.3 is 0 Å². The molecule has 1 atom stereocenters. The number of nitrogens with one attached hydrogen (secondary N) is 1. The predicted molar refractivity (Wildman–Crippen MR) is 66.7 cm³/mol. The summed E-state index contributed by atoms with van der Waals surface area (Å²) in [6.07, 6.45) is 0.870. The minimum Gasteiger partial charge on any atom is -0.385 e. The molecule has 0 saturated carbocycles. The summed E-state index contributed by atoms with van der Waals surface area (Å²) in [4.78, 5) is 10.9. The molecule has 1 aromatic rings. The van der Waals surface area contributed by atoms with Crippen molar-refractivity contribution < 1.29 is 4.79 Å². The molecule has 0 heterocycles. The normalized spacial score (nSPS) is 12.2. The lowest BCUT2D eigenvalue weighted by atomic mass is 10.2. The van der Waals surface area contributed by atoms with Crippen LogP contribution in [0.25, 0.3) is 0 Å². The molecule has 1 unspecified atom stereocenters. The second-order valence-corrected chi connectivity index (χ2v) is 4.16. The van der Waals surface area contributed by atoms with E-state index in [-0.39, 0.29) is 6.04 Å². The van der Waals surface area contributed by atoms with Gasteiger partial charge in [0, 0.05) is 18.3 Å². The standard InChI is InChI=1S/C11H16ClN3O/c1-7(13)4-5-15-8-2-3-9(11(14)16)10(12)6-8/h2-3,6-7,15H,4-5,13H2,1H3,(H2,14,16). The Morgan fingerprint density at radius 2 is 2.25 bits per heavy atom. The van der Waals surface area contributed by atoms with Gasteiger partial charge in [-0.3, -0.25) is 4.79 Å². The maximum absolute atomic E-state index is 10.9. The fourth-order valence-electron chi connectivity index (χ4n) is 1.27. The largest absolute Gasteiger partial charge is 0.385 e. The summed E-state index contributed by atoms with van der Waals surface area (Å²) in [5.41, 5.74) is 12.0. The van der Waals surface area contributed by atoms with Crippen LogP contribution < -0.4 is 16.8 Å². The lowest BCUT2D eigenvalue weighted by Gasteiger charge is -2.09. The molecule has 0 bridgehead atoms. The van der Waals surface area contributed by atoms with Gasteiger partial charge in [0.25, 0.3) is 0 Å². The van der Waals surface area contributed by atoms with Crippen LogP contribution in [0.3, 0.4) is 0 Å². The van der Waals surface area contributed by atoms with E-state index in [9.17, 15) is 4.79 Å². The molecule has 0 radical (unpaired) electrons. The molecule has 0 saturated heterocycles.